The maximum atomic E-state index is 11.6. The number of carbonyl (C=O) groups is 1. The predicted octanol–water partition coefficient (Wildman–Crippen LogP) is 2.18. The topological polar surface area (TPSA) is 17.1 Å². The molecule has 3 aliphatic carbocycles. The van der Waals surface area contributed by atoms with Crippen LogP contribution >= 0.6 is 0 Å². The van der Waals surface area contributed by atoms with Crippen molar-refractivity contribution in [1.29, 1.82) is 0 Å². The van der Waals surface area contributed by atoms with Gasteiger partial charge in [0, 0.05) is 5.92 Å². The summed E-state index contributed by atoms with van der Waals surface area (Å²) >= 11 is 0. The highest BCUT2D eigenvalue weighted by atomic mass is 16.1. The van der Waals surface area contributed by atoms with E-state index in [0.717, 1.165) is 17.8 Å². The minimum Gasteiger partial charge on any atom is -0.295 e. The summed E-state index contributed by atoms with van der Waals surface area (Å²) in [4.78, 5) is 11.6. The van der Waals surface area contributed by atoms with Gasteiger partial charge in [-0.25, -0.2) is 0 Å². The molecule has 0 saturated heterocycles. The number of fused-ring (bicyclic) bond motifs is 5. The van der Waals surface area contributed by atoms with E-state index in [1.165, 1.54) is 25.7 Å². The van der Waals surface area contributed by atoms with Gasteiger partial charge in [-0.05, 0) is 49.5 Å². The third kappa shape index (κ3) is 0.720. The number of ketones is 1. The first-order chi connectivity index (χ1) is 5.86. The summed E-state index contributed by atoms with van der Waals surface area (Å²) in [7, 11) is 0. The summed E-state index contributed by atoms with van der Waals surface area (Å²) in [5, 5.41) is 0. The Bertz CT molecular complexity index is 254. The second-order valence-corrected chi connectivity index (χ2v) is 4.56. The average molecular weight is 162 g/mol. The standard InChI is InChI=1S/C11H14O/c12-10-3-1-2-9-7-4-5-8(6-7)11(9)10/h1,3,7-9,11H,2,4-6H2/t7-,8+,9+,11-/m1/s1. The highest BCUT2D eigenvalue weighted by molar-refractivity contribution is 5.93. The molecule has 2 bridgehead atoms. The van der Waals surface area contributed by atoms with Crippen molar-refractivity contribution in [2.45, 2.75) is 25.7 Å². The van der Waals surface area contributed by atoms with Gasteiger partial charge >= 0.3 is 0 Å². The Morgan fingerprint density at radius 1 is 1.25 bits per heavy atom. The van der Waals surface area contributed by atoms with E-state index < -0.39 is 0 Å². The molecule has 4 atom stereocenters. The number of hydrogen-bond donors (Lipinski definition) is 0. The van der Waals surface area contributed by atoms with E-state index in [-0.39, 0.29) is 0 Å². The lowest BCUT2D eigenvalue weighted by Crippen LogP contribution is -2.30. The molecule has 2 fully saturated rings. The van der Waals surface area contributed by atoms with E-state index in [0.29, 0.717) is 11.7 Å². The molecular formula is C11H14O. The summed E-state index contributed by atoms with van der Waals surface area (Å²) in [6.07, 6.45) is 9.16. The van der Waals surface area contributed by atoms with Crippen LogP contribution in [0.25, 0.3) is 0 Å². The normalized spacial score (nSPS) is 49.8. The Kier molecular flexibility index (Phi) is 1.27. The summed E-state index contributed by atoms with van der Waals surface area (Å²) in [6, 6.07) is 0. The van der Waals surface area contributed by atoms with Crippen molar-refractivity contribution in [3.8, 4) is 0 Å². The lowest BCUT2D eigenvalue weighted by molar-refractivity contribution is -0.121. The molecule has 0 spiro atoms. The van der Waals surface area contributed by atoms with Gasteiger partial charge in [-0.3, -0.25) is 4.79 Å². The van der Waals surface area contributed by atoms with E-state index in [1.54, 1.807) is 0 Å². The summed E-state index contributed by atoms with van der Waals surface area (Å²) in [5.74, 6) is 3.26. The lowest BCUT2D eigenvalue weighted by Gasteiger charge is -2.30. The van der Waals surface area contributed by atoms with Crippen molar-refractivity contribution in [2.24, 2.45) is 23.7 Å². The van der Waals surface area contributed by atoms with Crippen LogP contribution in [0.3, 0.4) is 0 Å². The Balaban J connectivity index is 1.98. The fraction of sp³-hybridized carbons (Fsp3) is 0.727. The molecule has 0 aromatic rings. The lowest BCUT2D eigenvalue weighted by atomic mass is 9.73. The molecule has 0 radical (unpaired) electrons. The molecule has 3 aliphatic rings. The SMILES string of the molecule is O=C1C=CC[C@H]2[C@@H]3CC[C@@H](C3)[C@@H]12. The zero-order valence-corrected chi connectivity index (χ0v) is 7.20. The highest BCUT2D eigenvalue weighted by Crippen LogP contribution is 2.54. The van der Waals surface area contributed by atoms with Crippen LogP contribution in [0.4, 0.5) is 0 Å². The van der Waals surface area contributed by atoms with E-state index in [2.05, 4.69) is 6.08 Å². The van der Waals surface area contributed by atoms with Gasteiger partial charge in [0.2, 0.25) is 0 Å². The molecule has 0 amide bonds. The van der Waals surface area contributed by atoms with Crippen LogP contribution in [0.2, 0.25) is 0 Å². The fourth-order valence-electron chi connectivity index (χ4n) is 3.65. The third-order valence-electron chi connectivity index (χ3n) is 4.11. The molecule has 0 aliphatic heterocycles. The third-order valence-corrected chi connectivity index (χ3v) is 4.11. The van der Waals surface area contributed by atoms with Gasteiger partial charge in [0.25, 0.3) is 0 Å². The van der Waals surface area contributed by atoms with Crippen LogP contribution in [-0.4, -0.2) is 5.78 Å². The Labute approximate surface area is 72.8 Å². The van der Waals surface area contributed by atoms with Crippen molar-refractivity contribution in [3.63, 3.8) is 0 Å². The van der Waals surface area contributed by atoms with Crippen LogP contribution in [-0.2, 0) is 4.79 Å². The molecule has 64 valence electrons. The van der Waals surface area contributed by atoms with Crippen LogP contribution in [0.15, 0.2) is 12.2 Å². The number of rotatable bonds is 0. The molecule has 0 aromatic carbocycles. The number of hydrogen-bond acceptors (Lipinski definition) is 1. The molecule has 1 heteroatoms. The minimum absolute atomic E-state index is 0.429. The van der Waals surface area contributed by atoms with E-state index in [4.69, 9.17) is 0 Å². The molecule has 0 aromatic heterocycles. The van der Waals surface area contributed by atoms with Gasteiger partial charge in [-0.1, -0.05) is 6.08 Å². The van der Waals surface area contributed by atoms with Crippen LogP contribution in [0, 0.1) is 23.7 Å². The monoisotopic (exact) mass is 162 g/mol. The first-order valence-corrected chi connectivity index (χ1v) is 5.06. The van der Waals surface area contributed by atoms with Gasteiger partial charge in [-0.15, -0.1) is 0 Å². The Morgan fingerprint density at radius 3 is 2.92 bits per heavy atom. The Hall–Kier alpha value is -0.590. The summed E-state index contributed by atoms with van der Waals surface area (Å²) < 4.78 is 0. The van der Waals surface area contributed by atoms with Crippen molar-refractivity contribution in [3.05, 3.63) is 12.2 Å². The van der Waals surface area contributed by atoms with Crippen molar-refractivity contribution >= 4 is 5.78 Å². The smallest absolute Gasteiger partial charge is 0.159 e. The summed E-state index contributed by atoms with van der Waals surface area (Å²) in [5.41, 5.74) is 0. The second kappa shape index (κ2) is 2.21. The molecule has 3 rings (SSSR count). The van der Waals surface area contributed by atoms with Gasteiger partial charge in [0.1, 0.15) is 0 Å². The minimum atomic E-state index is 0.429. The van der Waals surface area contributed by atoms with Gasteiger partial charge < -0.3 is 0 Å². The quantitative estimate of drug-likeness (QED) is 0.533. The molecule has 0 heterocycles. The highest BCUT2D eigenvalue weighted by Gasteiger charge is 2.50. The largest absolute Gasteiger partial charge is 0.295 e. The van der Waals surface area contributed by atoms with Gasteiger partial charge in [-0.2, -0.15) is 0 Å². The molecule has 0 N–H and O–H groups in total. The zero-order chi connectivity index (χ0) is 8.13. The molecule has 1 nitrogen and oxygen atoms in total. The van der Waals surface area contributed by atoms with Crippen LogP contribution in [0.5, 0.6) is 0 Å². The van der Waals surface area contributed by atoms with Crippen LogP contribution < -0.4 is 0 Å². The van der Waals surface area contributed by atoms with Crippen molar-refractivity contribution in [2.75, 3.05) is 0 Å². The Morgan fingerprint density at radius 2 is 2.08 bits per heavy atom. The van der Waals surface area contributed by atoms with Crippen molar-refractivity contribution < 1.29 is 4.79 Å². The van der Waals surface area contributed by atoms with Gasteiger partial charge in [0.05, 0.1) is 0 Å². The molecular weight excluding hydrogens is 148 g/mol. The average Bonchev–Trinajstić information content (AvgIpc) is 2.64. The first-order valence-electron chi connectivity index (χ1n) is 5.06. The number of carbonyl (C=O) groups excluding carboxylic acids is 1. The second-order valence-electron chi connectivity index (χ2n) is 4.56. The van der Waals surface area contributed by atoms with Crippen molar-refractivity contribution in [1.82, 2.24) is 0 Å². The maximum absolute atomic E-state index is 11.6. The van der Waals surface area contributed by atoms with E-state index in [9.17, 15) is 4.79 Å². The predicted molar refractivity (Wildman–Crippen MR) is 46.6 cm³/mol. The molecule has 12 heavy (non-hydrogen) atoms. The fourth-order valence-corrected chi connectivity index (χ4v) is 3.65. The number of allylic oxidation sites excluding steroid dienone is 2. The van der Waals surface area contributed by atoms with E-state index >= 15 is 0 Å². The van der Waals surface area contributed by atoms with Gasteiger partial charge in [0.15, 0.2) is 5.78 Å². The molecule has 2 saturated carbocycles. The zero-order valence-electron chi connectivity index (χ0n) is 7.20. The van der Waals surface area contributed by atoms with Crippen LogP contribution in [0.1, 0.15) is 25.7 Å². The maximum Gasteiger partial charge on any atom is 0.159 e. The summed E-state index contributed by atoms with van der Waals surface area (Å²) in [6.45, 7) is 0. The molecule has 0 unspecified atom stereocenters. The first kappa shape index (κ1) is 6.88. The van der Waals surface area contributed by atoms with E-state index in [1.807, 2.05) is 6.08 Å².